The van der Waals surface area contributed by atoms with E-state index in [2.05, 4.69) is 10.2 Å². The molecule has 0 saturated heterocycles. The van der Waals surface area contributed by atoms with Crippen molar-refractivity contribution in [2.24, 2.45) is 0 Å². The van der Waals surface area contributed by atoms with Crippen LogP contribution in [0.2, 0.25) is 14.0 Å². The molecule has 2 aromatic rings. The van der Waals surface area contributed by atoms with Crippen LogP contribution in [0.25, 0.3) is 0 Å². The maximum atomic E-state index is 6.00. The lowest BCUT2D eigenvalue weighted by Crippen LogP contribution is -2.01. The molecule has 0 radical (unpaired) electrons. The minimum Gasteiger partial charge on any atom is -0.297 e. The van der Waals surface area contributed by atoms with Crippen LogP contribution in [0, 0.1) is 6.92 Å². The summed E-state index contributed by atoms with van der Waals surface area (Å²) in [7, 11) is 0. The molecule has 2 aromatic heterocycles. The molecule has 0 spiro atoms. The van der Waals surface area contributed by atoms with Gasteiger partial charge in [-0.3, -0.25) is 4.57 Å². The maximum Gasteiger partial charge on any atom is 0.225 e. The summed E-state index contributed by atoms with van der Waals surface area (Å²) in [6.07, 6.45) is 0. The van der Waals surface area contributed by atoms with E-state index in [1.54, 1.807) is 4.57 Å². The van der Waals surface area contributed by atoms with E-state index in [1.165, 1.54) is 11.3 Å². The lowest BCUT2D eigenvalue weighted by atomic mass is 10.3. The lowest BCUT2D eigenvalue weighted by Gasteiger charge is -2.03. The van der Waals surface area contributed by atoms with Crippen molar-refractivity contribution in [3.8, 4) is 0 Å². The Labute approximate surface area is 106 Å². The molecule has 0 aliphatic carbocycles. The number of hydrogen-bond donors (Lipinski definition) is 0. The molecule has 7 heteroatoms. The Morgan fingerprint density at radius 2 is 2.07 bits per heavy atom. The van der Waals surface area contributed by atoms with Crippen molar-refractivity contribution in [1.29, 1.82) is 0 Å². The standard InChI is InChI=1S/C8H6Cl3N3S/c1-4-12-13-8(11)14(4)3-5-2-6(9)15-7(5)10/h2H,3H2,1H3. The van der Waals surface area contributed by atoms with Gasteiger partial charge in [0.15, 0.2) is 0 Å². The third-order valence-corrected chi connectivity index (χ3v) is 3.79. The summed E-state index contributed by atoms with van der Waals surface area (Å²) in [6, 6.07) is 1.82. The van der Waals surface area contributed by atoms with Gasteiger partial charge in [-0.05, 0) is 24.6 Å². The fraction of sp³-hybridized carbons (Fsp3) is 0.250. The summed E-state index contributed by atoms with van der Waals surface area (Å²) in [5.41, 5.74) is 0.927. The van der Waals surface area contributed by atoms with Crippen molar-refractivity contribution < 1.29 is 0 Å². The first-order valence-electron chi connectivity index (χ1n) is 4.07. The molecule has 0 N–H and O–H groups in total. The topological polar surface area (TPSA) is 30.7 Å². The highest BCUT2D eigenvalue weighted by atomic mass is 35.5. The molecule has 0 saturated carbocycles. The molecule has 0 aliphatic heterocycles. The van der Waals surface area contributed by atoms with E-state index in [9.17, 15) is 0 Å². The van der Waals surface area contributed by atoms with Gasteiger partial charge in [-0.15, -0.1) is 21.5 Å². The monoisotopic (exact) mass is 281 g/mol. The average Bonchev–Trinajstić information content (AvgIpc) is 2.63. The number of aromatic nitrogens is 3. The number of hydrogen-bond acceptors (Lipinski definition) is 3. The van der Waals surface area contributed by atoms with Crippen LogP contribution in [0.5, 0.6) is 0 Å². The van der Waals surface area contributed by atoms with Crippen molar-refractivity contribution in [2.45, 2.75) is 13.5 Å². The van der Waals surface area contributed by atoms with Gasteiger partial charge in [0.05, 0.1) is 15.2 Å². The molecule has 15 heavy (non-hydrogen) atoms. The van der Waals surface area contributed by atoms with Crippen LogP contribution in [0.15, 0.2) is 6.07 Å². The Balaban J connectivity index is 2.33. The van der Waals surface area contributed by atoms with Gasteiger partial charge in [0.2, 0.25) is 5.28 Å². The second-order valence-corrected chi connectivity index (χ2v) is 5.58. The Kier molecular flexibility index (Phi) is 3.21. The highest BCUT2D eigenvalue weighted by Crippen LogP contribution is 2.32. The van der Waals surface area contributed by atoms with Crippen molar-refractivity contribution in [2.75, 3.05) is 0 Å². The summed E-state index contributed by atoms with van der Waals surface area (Å²) in [6.45, 7) is 2.38. The van der Waals surface area contributed by atoms with Crippen LogP contribution in [-0.4, -0.2) is 14.8 Å². The van der Waals surface area contributed by atoms with Crippen LogP contribution in [0.4, 0.5) is 0 Å². The predicted molar refractivity (Wildman–Crippen MR) is 63.2 cm³/mol. The van der Waals surface area contributed by atoms with Gasteiger partial charge in [0, 0.05) is 5.56 Å². The molecule has 80 valence electrons. The highest BCUT2D eigenvalue weighted by Gasteiger charge is 2.11. The summed E-state index contributed by atoms with van der Waals surface area (Å²) >= 11 is 19.1. The normalized spacial score (nSPS) is 10.9. The zero-order valence-electron chi connectivity index (χ0n) is 7.67. The molecular weight excluding hydrogens is 277 g/mol. The molecular formula is C8H6Cl3N3S. The second kappa shape index (κ2) is 4.29. The van der Waals surface area contributed by atoms with Crippen molar-refractivity contribution in [3.63, 3.8) is 0 Å². The van der Waals surface area contributed by atoms with Crippen molar-refractivity contribution in [3.05, 3.63) is 31.4 Å². The molecule has 0 amide bonds. The lowest BCUT2D eigenvalue weighted by molar-refractivity contribution is 0.764. The van der Waals surface area contributed by atoms with Crippen LogP contribution in [-0.2, 0) is 6.54 Å². The molecule has 0 unspecified atom stereocenters. The molecule has 3 nitrogen and oxygen atoms in total. The van der Waals surface area contributed by atoms with E-state index in [-0.39, 0.29) is 0 Å². The molecule has 0 fully saturated rings. The van der Waals surface area contributed by atoms with Crippen molar-refractivity contribution >= 4 is 46.1 Å². The van der Waals surface area contributed by atoms with E-state index < -0.39 is 0 Å². The van der Waals surface area contributed by atoms with Crippen LogP contribution in [0.3, 0.4) is 0 Å². The van der Waals surface area contributed by atoms with Gasteiger partial charge in [0.25, 0.3) is 0 Å². The SMILES string of the molecule is Cc1nnc(Cl)n1Cc1cc(Cl)sc1Cl. The third-order valence-electron chi connectivity index (χ3n) is 1.95. The van der Waals surface area contributed by atoms with Gasteiger partial charge in [-0.25, -0.2) is 0 Å². The Morgan fingerprint density at radius 3 is 2.53 bits per heavy atom. The summed E-state index contributed by atoms with van der Waals surface area (Å²) in [4.78, 5) is 0. The van der Waals surface area contributed by atoms with Gasteiger partial charge in [0.1, 0.15) is 5.82 Å². The van der Waals surface area contributed by atoms with Gasteiger partial charge < -0.3 is 0 Å². The minimum absolute atomic E-state index is 0.353. The molecule has 0 aromatic carbocycles. The number of halogens is 3. The fourth-order valence-electron chi connectivity index (χ4n) is 1.19. The summed E-state index contributed by atoms with van der Waals surface area (Å²) in [5.74, 6) is 0.749. The summed E-state index contributed by atoms with van der Waals surface area (Å²) in [5, 5.41) is 7.96. The van der Waals surface area contributed by atoms with Crippen LogP contribution in [0.1, 0.15) is 11.4 Å². The van der Waals surface area contributed by atoms with Gasteiger partial charge >= 0.3 is 0 Å². The zero-order valence-corrected chi connectivity index (χ0v) is 10.8. The van der Waals surface area contributed by atoms with Crippen molar-refractivity contribution in [1.82, 2.24) is 14.8 Å². The minimum atomic E-state index is 0.353. The fourth-order valence-corrected chi connectivity index (χ4v) is 2.88. The quantitative estimate of drug-likeness (QED) is 0.841. The van der Waals surface area contributed by atoms with E-state index in [0.717, 1.165) is 11.4 Å². The van der Waals surface area contributed by atoms with E-state index >= 15 is 0 Å². The van der Waals surface area contributed by atoms with Gasteiger partial charge in [-0.1, -0.05) is 23.2 Å². The first-order valence-corrected chi connectivity index (χ1v) is 6.02. The van der Waals surface area contributed by atoms with Crippen LogP contribution >= 0.6 is 46.1 Å². The molecule has 2 rings (SSSR count). The number of aryl methyl sites for hydroxylation is 1. The van der Waals surface area contributed by atoms with Gasteiger partial charge in [-0.2, -0.15) is 0 Å². The predicted octanol–water partition coefficient (Wildman–Crippen LogP) is 3.66. The van der Waals surface area contributed by atoms with E-state index in [0.29, 0.717) is 20.5 Å². The van der Waals surface area contributed by atoms with Crippen LogP contribution < -0.4 is 0 Å². The molecule has 0 bridgehead atoms. The first kappa shape index (κ1) is 11.2. The Bertz CT molecular complexity index is 472. The molecule has 0 atom stereocenters. The molecule has 2 heterocycles. The second-order valence-electron chi connectivity index (χ2n) is 2.95. The zero-order chi connectivity index (χ0) is 11.0. The smallest absolute Gasteiger partial charge is 0.225 e. The largest absolute Gasteiger partial charge is 0.297 e. The Hall–Kier alpha value is -0.290. The summed E-state index contributed by atoms with van der Waals surface area (Å²) < 4.78 is 3.10. The highest BCUT2D eigenvalue weighted by molar-refractivity contribution is 7.20. The maximum absolute atomic E-state index is 6.00. The number of nitrogens with zero attached hydrogens (tertiary/aromatic N) is 3. The Morgan fingerprint density at radius 1 is 1.33 bits per heavy atom. The average molecular weight is 283 g/mol. The van der Waals surface area contributed by atoms with E-state index in [4.69, 9.17) is 34.8 Å². The number of rotatable bonds is 2. The van der Waals surface area contributed by atoms with E-state index in [1.807, 2.05) is 13.0 Å². The molecule has 0 aliphatic rings. The number of thiophene rings is 1. The first-order chi connectivity index (χ1) is 7.08. The third kappa shape index (κ3) is 2.28.